The zero-order valence-electron chi connectivity index (χ0n) is 12.5. The summed E-state index contributed by atoms with van der Waals surface area (Å²) < 4.78 is 18.2. The molecule has 2 saturated heterocycles. The van der Waals surface area contributed by atoms with Crippen LogP contribution in [0.4, 0.5) is 4.39 Å². The molecule has 120 valence electrons. The summed E-state index contributed by atoms with van der Waals surface area (Å²) in [4.78, 5) is 16.2. The van der Waals surface area contributed by atoms with Gasteiger partial charge >= 0.3 is 0 Å². The maximum absolute atomic E-state index is 12.9. The zero-order chi connectivity index (χ0) is 15.6. The van der Waals surface area contributed by atoms with Crippen molar-refractivity contribution in [2.45, 2.75) is 12.0 Å². The summed E-state index contributed by atoms with van der Waals surface area (Å²) in [5, 5.41) is 10.7. The molecule has 2 fully saturated rings. The zero-order valence-corrected chi connectivity index (χ0v) is 12.5. The lowest BCUT2D eigenvalue weighted by Gasteiger charge is -2.33. The van der Waals surface area contributed by atoms with Crippen molar-refractivity contribution in [2.75, 3.05) is 45.9 Å². The number of β-amino-alcohol motifs (C(OH)–C–C–N with tert-alkyl or cyclic N) is 1. The molecule has 0 saturated carbocycles. The molecule has 0 unspecified atom stereocenters. The predicted molar refractivity (Wildman–Crippen MR) is 79.1 cm³/mol. The Morgan fingerprint density at radius 1 is 1.23 bits per heavy atom. The Hall–Kier alpha value is -1.50. The molecule has 0 aromatic heterocycles. The van der Waals surface area contributed by atoms with Gasteiger partial charge in [-0.2, -0.15) is 0 Å². The van der Waals surface area contributed by atoms with Crippen molar-refractivity contribution < 1.29 is 19.0 Å². The van der Waals surface area contributed by atoms with Crippen LogP contribution in [-0.4, -0.2) is 72.4 Å². The third-order valence-electron chi connectivity index (χ3n) is 4.33. The minimum absolute atomic E-state index is 0.155. The predicted octanol–water partition coefficient (Wildman–Crippen LogP) is 0.735. The number of rotatable bonds is 3. The molecule has 1 aromatic carbocycles. The maximum Gasteiger partial charge on any atom is 0.253 e. The number of hydrogen-bond acceptors (Lipinski definition) is 4. The first-order chi connectivity index (χ1) is 10.6. The van der Waals surface area contributed by atoms with Gasteiger partial charge in [-0.05, 0) is 30.7 Å². The van der Waals surface area contributed by atoms with Crippen LogP contribution in [0.1, 0.15) is 16.8 Å². The lowest BCUT2D eigenvalue weighted by Crippen LogP contribution is -2.49. The van der Waals surface area contributed by atoms with Gasteiger partial charge < -0.3 is 14.7 Å². The molecule has 1 atom stereocenters. The second-order valence-electron chi connectivity index (χ2n) is 6.10. The topological polar surface area (TPSA) is 53.0 Å². The van der Waals surface area contributed by atoms with Crippen LogP contribution in [0.15, 0.2) is 24.3 Å². The van der Waals surface area contributed by atoms with Crippen LogP contribution in [0.25, 0.3) is 0 Å². The molecule has 1 amide bonds. The van der Waals surface area contributed by atoms with Crippen molar-refractivity contribution in [1.82, 2.24) is 9.80 Å². The molecular weight excluding hydrogens is 287 g/mol. The highest BCUT2D eigenvalue weighted by Crippen LogP contribution is 2.24. The first kappa shape index (κ1) is 15.4. The monoisotopic (exact) mass is 308 g/mol. The molecule has 2 aliphatic rings. The highest BCUT2D eigenvalue weighted by Gasteiger charge is 2.39. The molecule has 2 heterocycles. The van der Waals surface area contributed by atoms with Crippen molar-refractivity contribution in [1.29, 1.82) is 0 Å². The average Bonchev–Trinajstić information content (AvgIpc) is 2.90. The standard InChI is InChI=1S/C16H21FN2O3/c17-14-3-1-13(2-4-14)15(20)19-6-5-16(21,12-19)11-18-7-9-22-10-8-18/h1-4,21H,5-12H2/t16-/m1/s1. The van der Waals surface area contributed by atoms with Crippen LogP contribution in [0, 0.1) is 5.82 Å². The minimum Gasteiger partial charge on any atom is -0.387 e. The summed E-state index contributed by atoms with van der Waals surface area (Å²) in [5.41, 5.74) is -0.412. The van der Waals surface area contributed by atoms with Crippen LogP contribution < -0.4 is 0 Å². The number of hydrogen-bond donors (Lipinski definition) is 1. The van der Waals surface area contributed by atoms with Crippen molar-refractivity contribution in [2.24, 2.45) is 0 Å². The Bertz CT molecular complexity index is 531. The highest BCUT2D eigenvalue weighted by molar-refractivity contribution is 5.94. The summed E-state index contributed by atoms with van der Waals surface area (Å²) in [7, 11) is 0. The van der Waals surface area contributed by atoms with E-state index >= 15 is 0 Å². The lowest BCUT2D eigenvalue weighted by molar-refractivity contribution is -0.0257. The quantitative estimate of drug-likeness (QED) is 0.895. The minimum atomic E-state index is -0.868. The Balaban J connectivity index is 1.60. The highest BCUT2D eigenvalue weighted by atomic mass is 19.1. The van der Waals surface area contributed by atoms with Crippen LogP contribution in [0.3, 0.4) is 0 Å². The summed E-state index contributed by atoms with van der Waals surface area (Å²) in [6, 6.07) is 5.53. The van der Waals surface area contributed by atoms with Gasteiger partial charge in [0.05, 0.1) is 25.4 Å². The third-order valence-corrected chi connectivity index (χ3v) is 4.33. The number of likely N-dealkylation sites (tertiary alicyclic amines) is 1. The van der Waals surface area contributed by atoms with Gasteiger partial charge in [-0.3, -0.25) is 9.69 Å². The van der Waals surface area contributed by atoms with Gasteiger partial charge in [0.2, 0.25) is 0 Å². The van der Waals surface area contributed by atoms with E-state index in [9.17, 15) is 14.3 Å². The van der Waals surface area contributed by atoms with Crippen molar-refractivity contribution >= 4 is 5.91 Å². The van der Waals surface area contributed by atoms with Crippen LogP contribution in [0.5, 0.6) is 0 Å². The second-order valence-corrected chi connectivity index (χ2v) is 6.10. The Kier molecular flexibility index (Phi) is 4.42. The van der Waals surface area contributed by atoms with Crippen LogP contribution in [0.2, 0.25) is 0 Å². The van der Waals surface area contributed by atoms with Gasteiger partial charge in [0.1, 0.15) is 5.82 Å². The summed E-state index contributed by atoms with van der Waals surface area (Å²) in [5.74, 6) is -0.514. The molecule has 5 nitrogen and oxygen atoms in total. The Morgan fingerprint density at radius 2 is 1.91 bits per heavy atom. The summed E-state index contributed by atoms with van der Waals surface area (Å²) >= 11 is 0. The third kappa shape index (κ3) is 3.45. The van der Waals surface area contributed by atoms with Gasteiger partial charge in [-0.25, -0.2) is 4.39 Å². The van der Waals surface area contributed by atoms with Gasteiger partial charge in [-0.1, -0.05) is 0 Å². The molecule has 22 heavy (non-hydrogen) atoms. The summed E-state index contributed by atoms with van der Waals surface area (Å²) in [6.07, 6.45) is 0.567. The molecule has 0 aliphatic carbocycles. The molecule has 6 heteroatoms. The molecule has 0 spiro atoms. The van der Waals surface area contributed by atoms with Crippen LogP contribution >= 0.6 is 0 Å². The van der Waals surface area contributed by atoms with E-state index < -0.39 is 5.60 Å². The molecule has 2 aliphatic heterocycles. The maximum atomic E-state index is 12.9. The fourth-order valence-electron chi connectivity index (χ4n) is 3.11. The average molecular weight is 308 g/mol. The molecule has 0 bridgehead atoms. The van der Waals surface area contributed by atoms with E-state index in [2.05, 4.69) is 4.90 Å². The lowest BCUT2D eigenvalue weighted by atomic mass is 10.0. The van der Waals surface area contributed by atoms with E-state index in [-0.39, 0.29) is 11.7 Å². The van der Waals surface area contributed by atoms with Gasteiger partial charge in [0.15, 0.2) is 0 Å². The number of ether oxygens (including phenoxy) is 1. The van der Waals surface area contributed by atoms with E-state index in [4.69, 9.17) is 4.74 Å². The number of carbonyl (C=O) groups excluding carboxylic acids is 1. The van der Waals surface area contributed by atoms with Gasteiger partial charge in [-0.15, -0.1) is 0 Å². The SMILES string of the molecule is O=C(c1ccc(F)cc1)N1CC[C@@](O)(CN2CCOCC2)C1. The number of aliphatic hydroxyl groups is 1. The van der Waals surface area contributed by atoms with E-state index in [1.54, 1.807) is 4.90 Å². The molecular formula is C16H21FN2O3. The number of carbonyl (C=O) groups is 1. The fraction of sp³-hybridized carbons (Fsp3) is 0.562. The number of amides is 1. The smallest absolute Gasteiger partial charge is 0.253 e. The molecule has 0 radical (unpaired) electrons. The first-order valence-corrected chi connectivity index (χ1v) is 7.63. The van der Waals surface area contributed by atoms with E-state index in [1.165, 1.54) is 24.3 Å². The number of morpholine rings is 1. The van der Waals surface area contributed by atoms with E-state index in [0.717, 1.165) is 13.1 Å². The first-order valence-electron chi connectivity index (χ1n) is 7.63. The van der Waals surface area contributed by atoms with Gasteiger partial charge in [0.25, 0.3) is 5.91 Å². The summed E-state index contributed by atoms with van der Waals surface area (Å²) in [6.45, 7) is 4.41. The van der Waals surface area contributed by atoms with Crippen molar-refractivity contribution in [3.05, 3.63) is 35.6 Å². The normalized spacial score (nSPS) is 26.4. The van der Waals surface area contributed by atoms with E-state index in [0.29, 0.717) is 44.8 Å². The Morgan fingerprint density at radius 3 is 2.59 bits per heavy atom. The van der Waals surface area contributed by atoms with Crippen LogP contribution in [-0.2, 0) is 4.74 Å². The number of benzene rings is 1. The largest absolute Gasteiger partial charge is 0.387 e. The van der Waals surface area contributed by atoms with Crippen molar-refractivity contribution in [3.8, 4) is 0 Å². The molecule has 1 N–H and O–H groups in total. The number of nitrogens with zero attached hydrogens (tertiary/aromatic N) is 2. The van der Waals surface area contributed by atoms with E-state index in [1.807, 2.05) is 0 Å². The molecule has 3 rings (SSSR count). The molecule has 1 aromatic rings. The fourth-order valence-corrected chi connectivity index (χ4v) is 3.11. The van der Waals surface area contributed by atoms with Gasteiger partial charge in [0, 0.05) is 31.7 Å². The second kappa shape index (κ2) is 6.32. The van der Waals surface area contributed by atoms with Crippen molar-refractivity contribution in [3.63, 3.8) is 0 Å². The number of halogens is 1. The Labute approximate surface area is 129 Å².